The fourth-order valence-electron chi connectivity index (χ4n) is 2.14. The van der Waals surface area contributed by atoms with Crippen LogP contribution >= 0.6 is 15.9 Å². The maximum Gasteiger partial charge on any atom is 0.331 e. The van der Waals surface area contributed by atoms with Gasteiger partial charge in [-0.25, -0.2) is 4.79 Å². The zero-order chi connectivity index (χ0) is 18.4. The standard InChI is InChI=1S/C20H20BrNO3/c1-13-8-9-14(2)18(12-13)22-20(24)15(3)25-19(23)11-10-16-6-4-5-7-17(16)21/h4-12,15H,1-3H3,(H,22,24)/b11-10+/t15-/m0/s1. The number of rotatable bonds is 5. The Labute approximate surface area is 156 Å². The van der Waals surface area contributed by atoms with Crippen LogP contribution in [0.4, 0.5) is 5.69 Å². The van der Waals surface area contributed by atoms with Crippen molar-refractivity contribution in [2.24, 2.45) is 0 Å². The van der Waals surface area contributed by atoms with Crippen molar-refractivity contribution in [3.05, 3.63) is 69.7 Å². The number of hydrogen-bond donors (Lipinski definition) is 1. The number of nitrogens with one attached hydrogen (secondary N) is 1. The predicted molar refractivity (Wildman–Crippen MR) is 103 cm³/mol. The highest BCUT2D eigenvalue weighted by molar-refractivity contribution is 9.10. The van der Waals surface area contributed by atoms with E-state index in [1.165, 1.54) is 6.08 Å². The Bertz CT molecular complexity index is 814. The number of hydrogen-bond acceptors (Lipinski definition) is 3. The van der Waals surface area contributed by atoms with Crippen molar-refractivity contribution >= 4 is 39.6 Å². The summed E-state index contributed by atoms with van der Waals surface area (Å²) in [7, 11) is 0. The van der Waals surface area contributed by atoms with E-state index in [9.17, 15) is 9.59 Å². The van der Waals surface area contributed by atoms with Gasteiger partial charge in [-0.2, -0.15) is 0 Å². The number of halogens is 1. The van der Waals surface area contributed by atoms with Gasteiger partial charge in [0.25, 0.3) is 5.91 Å². The Hall–Kier alpha value is -2.40. The van der Waals surface area contributed by atoms with Gasteiger partial charge in [-0.3, -0.25) is 4.79 Å². The van der Waals surface area contributed by atoms with Crippen molar-refractivity contribution in [1.29, 1.82) is 0 Å². The van der Waals surface area contributed by atoms with Gasteiger partial charge in [-0.05, 0) is 55.7 Å². The summed E-state index contributed by atoms with van der Waals surface area (Å²) in [5, 5.41) is 2.79. The third-order valence-corrected chi connectivity index (χ3v) is 4.34. The number of carbonyl (C=O) groups excluding carboxylic acids is 2. The van der Waals surface area contributed by atoms with Gasteiger partial charge < -0.3 is 10.1 Å². The van der Waals surface area contributed by atoms with Crippen LogP contribution in [-0.4, -0.2) is 18.0 Å². The molecule has 0 aromatic heterocycles. The maximum absolute atomic E-state index is 12.2. The fourth-order valence-corrected chi connectivity index (χ4v) is 2.56. The zero-order valence-corrected chi connectivity index (χ0v) is 16.0. The van der Waals surface area contributed by atoms with Crippen LogP contribution in [0.2, 0.25) is 0 Å². The number of benzene rings is 2. The molecule has 0 aliphatic rings. The molecule has 25 heavy (non-hydrogen) atoms. The van der Waals surface area contributed by atoms with Crippen LogP contribution in [-0.2, 0) is 14.3 Å². The van der Waals surface area contributed by atoms with Crippen molar-refractivity contribution in [2.75, 3.05) is 5.32 Å². The first-order chi connectivity index (χ1) is 11.9. The van der Waals surface area contributed by atoms with Gasteiger partial charge in [-0.1, -0.05) is 46.3 Å². The number of aryl methyl sites for hydroxylation is 2. The molecule has 4 nitrogen and oxygen atoms in total. The molecular formula is C20H20BrNO3. The highest BCUT2D eigenvalue weighted by Gasteiger charge is 2.17. The Morgan fingerprint density at radius 1 is 1.16 bits per heavy atom. The molecule has 2 aromatic carbocycles. The van der Waals surface area contributed by atoms with Crippen molar-refractivity contribution in [3.63, 3.8) is 0 Å². The Morgan fingerprint density at radius 2 is 1.88 bits per heavy atom. The molecule has 0 fully saturated rings. The predicted octanol–water partition coefficient (Wildman–Crippen LogP) is 4.65. The van der Waals surface area contributed by atoms with E-state index in [2.05, 4.69) is 21.2 Å². The van der Waals surface area contributed by atoms with E-state index in [0.717, 1.165) is 26.9 Å². The van der Waals surface area contributed by atoms with E-state index < -0.39 is 12.1 Å². The Balaban J connectivity index is 1.95. The first-order valence-electron chi connectivity index (χ1n) is 7.88. The number of ether oxygens (including phenoxy) is 1. The van der Waals surface area contributed by atoms with Gasteiger partial charge >= 0.3 is 5.97 Å². The molecule has 0 saturated carbocycles. The topological polar surface area (TPSA) is 55.4 Å². The monoisotopic (exact) mass is 401 g/mol. The molecule has 0 saturated heterocycles. The molecule has 0 unspecified atom stereocenters. The number of amides is 1. The van der Waals surface area contributed by atoms with E-state index in [0.29, 0.717) is 0 Å². The molecule has 0 aliphatic carbocycles. The lowest BCUT2D eigenvalue weighted by Gasteiger charge is -2.14. The minimum absolute atomic E-state index is 0.364. The molecule has 130 valence electrons. The van der Waals surface area contributed by atoms with Crippen LogP contribution in [0.1, 0.15) is 23.6 Å². The number of anilines is 1. The second-order valence-electron chi connectivity index (χ2n) is 5.74. The van der Waals surface area contributed by atoms with Crippen LogP contribution in [0.15, 0.2) is 53.0 Å². The first kappa shape index (κ1) is 18.9. The Kier molecular flexibility index (Phi) is 6.53. The SMILES string of the molecule is Cc1ccc(C)c(NC(=O)[C@H](C)OC(=O)/C=C/c2ccccc2Br)c1. The molecule has 0 bridgehead atoms. The van der Waals surface area contributed by atoms with Crippen molar-refractivity contribution in [2.45, 2.75) is 26.9 Å². The summed E-state index contributed by atoms with van der Waals surface area (Å²) in [6.07, 6.45) is 2.06. The molecule has 0 radical (unpaired) electrons. The Morgan fingerprint density at radius 3 is 2.60 bits per heavy atom. The second kappa shape index (κ2) is 8.62. The normalized spacial score (nSPS) is 12.0. The van der Waals surface area contributed by atoms with Crippen LogP contribution < -0.4 is 5.32 Å². The van der Waals surface area contributed by atoms with E-state index >= 15 is 0 Å². The molecule has 1 N–H and O–H groups in total. The summed E-state index contributed by atoms with van der Waals surface area (Å²) < 4.78 is 6.04. The van der Waals surface area contributed by atoms with Crippen molar-refractivity contribution in [1.82, 2.24) is 0 Å². The highest BCUT2D eigenvalue weighted by atomic mass is 79.9. The lowest BCUT2D eigenvalue weighted by molar-refractivity contribution is -0.148. The zero-order valence-electron chi connectivity index (χ0n) is 14.4. The maximum atomic E-state index is 12.2. The molecule has 0 spiro atoms. The lowest BCUT2D eigenvalue weighted by Crippen LogP contribution is -2.29. The van der Waals surface area contributed by atoms with E-state index in [1.807, 2.05) is 56.3 Å². The number of esters is 1. The average Bonchev–Trinajstić information content (AvgIpc) is 2.57. The summed E-state index contributed by atoms with van der Waals surface area (Å²) in [6, 6.07) is 13.3. The molecule has 5 heteroatoms. The minimum atomic E-state index is -0.892. The molecule has 2 aromatic rings. The summed E-state index contributed by atoms with van der Waals surface area (Å²) in [5.74, 6) is -0.935. The summed E-state index contributed by atoms with van der Waals surface area (Å²) in [4.78, 5) is 24.1. The van der Waals surface area contributed by atoms with E-state index in [-0.39, 0.29) is 5.91 Å². The van der Waals surface area contributed by atoms with Gasteiger partial charge in [-0.15, -0.1) is 0 Å². The third-order valence-electron chi connectivity index (χ3n) is 3.62. The smallest absolute Gasteiger partial charge is 0.331 e. The quantitative estimate of drug-likeness (QED) is 0.585. The lowest BCUT2D eigenvalue weighted by atomic mass is 10.1. The fraction of sp³-hybridized carbons (Fsp3) is 0.200. The molecule has 2 rings (SSSR count). The largest absolute Gasteiger partial charge is 0.449 e. The average molecular weight is 402 g/mol. The van der Waals surface area contributed by atoms with Crippen LogP contribution in [0.3, 0.4) is 0 Å². The van der Waals surface area contributed by atoms with Gasteiger partial charge in [0.1, 0.15) is 0 Å². The minimum Gasteiger partial charge on any atom is -0.449 e. The molecular weight excluding hydrogens is 382 g/mol. The summed E-state index contributed by atoms with van der Waals surface area (Å²) in [6.45, 7) is 5.40. The van der Waals surface area contributed by atoms with Crippen LogP contribution in [0, 0.1) is 13.8 Å². The van der Waals surface area contributed by atoms with Gasteiger partial charge in [0.2, 0.25) is 0 Å². The van der Waals surface area contributed by atoms with Crippen molar-refractivity contribution < 1.29 is 14.3 Å². The molecule has 1 atom stereocenters. The van der Waals surface area contributed by atoms with Crippen LogP contribution in [0.25, 0.3) is 6.08 Å². The van der Waals surface area contributed by atoms with Crippen molar-refractivity contribution in [3.8, 4) is 0 Å². The molecule has 1 amide bonds. The highest BCUT2D eigenvalue weighted by Crippen LogP contribution is 2.18. The van der Waals surface area contributed by atoms with E-state index in [4.69, 9.17) is 4.74 Å². The first-order valence-corrected chi connectivity index (χ1v) is 8.67. The van der Waals surface area contributed by atoms with Gasteiger partial charge in [0, 0.05) is 16.2 Å². The molecule has 0 heterocycles. The van der Waals surface area contributed by atoms with E-state index in [1.54, 1.807) is 13.0 Å². The van der Waals surface area contributed by atoms with Gasteiger partial charge in [0.15, 0.2) is 6.10 Å². The van der Waals surface area contributed by atoms with Crippen LogP contribution in [0.5, 0.6) is 0 Å². The number of carbonyl (C=O) groups is 2. The molecule has 0 aliphatic heterocycles. The van der Waals surface area contributed by atoms with Gasteiger partial charge in [0.05, 0.1) is 0 Å². The summed E-state index contributed by atoms with van der Waals surface area (Å²) in [5.41, 5.74) is 3.57. The third kappa shape index (κ3) is 5.57. The second-order valence-corrected chi connectivity index (χ2v) is 6.60. The summed E-state index contributed by atoms with van der Waals surface area (Å²) >= 11 is 3.40.